The van der Waals surface area contributed by atoms with Crippen molar-refractivity contribution in [2.24, 2.45) is 0 Å². The van der Waals surface area contributed by atoms with E-state index in [2.05, 4.69) is 10.0 Å². The quantitative estimate of drug-likeness (QED) is 0.653. The van der Waals surface area contributed by atoms with E-state index in [1.54, 1.807) is 26.0 Å². The van der Waals surface area contributed by atoms with Gasteiger partial charge in [-0.25, -0.2) is 17.5 Å². The van der Waals surface area contributed by atoms with E-state index in [9.17, 15) is 17.6 Å². The summed E-state index contributed by atoms with van der Waals surface area (Å²) in [6, 6.07) is 10.2. The van der Waals surface area contributed by atoms with Crippen LogP contribution in [0.4, 0.5) is 4.39 Å². The molecule has 2 aromatic rings. The van der Waals surface area contributed by atoms with Crippen LogP contribution in [-0.4, -0.2) is 26.9 Å². The third-order valence-electron chi connectivity index (χ3n) is 5.49. The molecule has 162 valence electrons. The fraction of sp³-hybridized carbons (Fsp3) is 0.409. The Morgan fingerprint density at radius 2 is 1.77 bits per heavy atom. The maximum absolute atomic E-state index is 13.4. The van der Waals surface area contributed by atoms with Gasteiger partial charge in [0.05, 0.1) is 15.5 Å². The van der Waals surface area contributed by atoms with Crippen LogP contribution in [0.3, 0.4) is 0 Å². The molecule has 1 fully saturated rings. The fourth-order valence-electron chi connectivity index (χ4n) is 3.99. The van der Waals surface area contributed by atoms with Crippen molar-refractivity contribution in [1.29, 1.82) is 0 Å². The molecule has 0 heterocycles. The molecule has 1 aliphatic rings. The minimum absolute atomic E-state index is 0.0140. The van der Waals surface area contributed by atoms with E-state index in [0.29, 0.717) is 6.54 Å². The van der Waals surface area contributed by atoms with Crippen LogP contribution in [0.5, 0.6) is 0 Å². The van der Waals surface area contributed by atoms with E-state index in [-0.39, 0.29) is 32.8 Å². The number of sulfonamides is 1. The zero-order valence-electron chi connectivity index (χ0n) is 17.0. The molecular weight excluding hydrogens is 427 g/mol. The highest BCUT2D eigenvalue weighted by Gasteiger charge is 2.36. The molecule has 1 aliphatic carbocycles. The van der Waals surface area contributed by atoms with Crippen molar-refractivity contribution in [2.75, 3.05) is 6.54 Å². The van der Waals surface area contributed by atoms with Gasteiger partial charge in [-0.3, -0.25) is 4.79 Å². The maximum Gasteiger partial charge on any atom is 0.252 e. The molecule has 30 heavy (non-hydrogen) atoms. The standard InChI is InChI=1S/C22H26ClFN2O3S/c1-15(2)26-30(28,29)18-9-10-20(23)19(13-18)21(27)25-14-22(11-3-4-12-22)16-5-7-17(24)8-6-16/h5-10,13,15,26H,3-4,11-12,14H2,1-2H3,(H,25,27). The van der Waals surface area contributed by atoms with E-state index < -0.39 is 15.9 Å². The van der Waals surface area contributed by atoms with Crippen molar-refractivity contribution in [2.45, 2.75) is 55.9 Å². The van der Waals surface area contributed by atoms with Crippen LogP contribution >= 0.6 is 11.6 Å². The van der Waals surface area contributed by atoms with Crippen LogP contribution in [0.25, 0.3) is 0 Å². The Morgan fingerprint density at radius 3 is 2.37 bits per heavy atom. The summed E-state index contributed by atoms with van der Waals surface area (Å²) in [5.41, 5.74) is 0.833. The first-order valence-corrected chi connectivity index (χ1v) is 11.9. The third kappa shape index (κ3) is 5.02. The number of halogens is 2. The van der Waals surface area contributed by atoms with E-state index in [1.807, 2.05) is 0 Å². The molecule has 0 unspecified atom stereocenters. The largest absolute Gasteiger partial charge is 0.351 e. The van der Waals surface area contributed by atoms with Gasteiger partial charge in [-0.05, 0) is 62.6 Å². The summed E-state index contributed by atoms with van der Waals surface area (Å²) < 4.78 is 40.7. The molecule has 2 aromatic carbocycles. The summed E-state index contributed by atoms with van der Waals surface area (Å²) in [6.45, 7) is 3.81. The highest BCUT2D eigenvalue weighted by atomic mass is 35.5. The minimum atomic E-state index is -3.75. The topological polar surface area (TPSA) is 75.3 Å². The SMILES string of the molecule is CC(C)NS(=O)(=O)c1ccc(Cl)c(C(=O)NCC2(c3ccc(F)cc3)CCCC2)c1. The van der Waals surface area contributed by atoms with E-state index in [1.165, 1.54) is 30.3 Å². The number of hydrogen-bond donors (Lipinski definition) is 2. The lowest BCUT2D eigenvalue weighted by molar-refractivity contribution is 0.0943. The summed E-state index contributed by atoms with van der Waals surface area (Å²) in [4.78, 5) is 12.9. The molecule has 0 atom stereocenters. The van der Waals surface area contributed by atoms with E-state index >= 15 is 0 Å². The molecule has 0 spiro atoms. The average molecular weight is 453 g/mol. The highest BCUT2D eigenvalue weighted by molar-refractivity contribution is 7.89. The summed E-state index contributed by atoms with van der Waals surface area (Å²) in [7, 11) is -3.75. The molecule has 8 heteroatoms. The van der Waals surface area contributed by atoms with Gasteiger partial charge in [0.15, 0.2) is 0 Å². The second-order valence-corrected chi connectivity index (χ2v) is 10.2. The van der Waals surface area contributed by atoms with Gasteiger partial charge < -0.3 is 5.32 Å². The molecule has 0 aromatic heterocycles. The predicted octanol–water partition coefficient (Wildman–Crippen LogP) is 4.41. The Balaban J connectivity index is 1.81. The van der Waals surface area contributed by atoms with Crippen molar-refractivity contribution in [3.63, 3.8) is 0 Å². The zero-order chi connectivity index (χ0) is 21.9. The number of benzene rings is 2. The Hall–Kier alpha value is -1.96. The van der Waals surface area contributed by atoms with Crippen molar-refractivity contribution < 1.29 is 17.6 Å². The van der Waals surface area contributed by atoms with Crippen LogP contribution in [0.1, 0.15) is 55.5 Å². The molecule has 0 saturated heterocycles. The Labute approximate surface area is 182 Å². The van der Waals surface area contributed by atoms with E-state index in [0.717, 1.165) is 31.2 Å². The Kier molecular flexibility index (Phi) is 6.84. The molecule has 0 bridgehead atoms. The number of carbonyl (C=O) groups is 1. The van der Waals surface area contributed by atoms with Gasteiger partial charge >= 0.3 is 0 Å². The van der Waals surface area contributed by atoms with Gasteiger partial charge in [-0.1, -0.05) is 36.6 Å². The fourth-order valence-corrected chi connectivity index (χ4v) is 5.47. The molecule has 1 amide bonds. The second-order valence-electron chi connectivity index (χ2n) is 8.09. The van der Waals surface area contributed by atoms with Gasteiger partial charge in [0, 0.05) is 18.0 Å². The van der Waals surface area contributed by atoms with Crippen LogP contribution in [0.15, 0.2) is 47.4 Å². The van der Waals surface area contributed by atoms with Gasteiger partial charge in [-0.2, -0.15) is 0 Å². The first kappa shape index (κ1) is 22.7. The normalized spacial score (nSPS) is 16.0. The number of carbonyl (C=O) groups excluding carboxylic acids is 1. The van der Waals surface area contributed by atoms with Gasteiger partial charge in [0.25, 0.3) is 5.91 Å². The van der Waals surface area contributed by atoms with Crippen molar-refractivity contribution >= 4 is 27.5 Å². The molecule has 0 radical (unpaired) electrons. The van der Waals surface area contributed by atoms with Gasteiger partial charge in [-0.15, -0.1) is 0 Å². The molecule has 1 saturated carbocycles. The van der Waals surface area contributed by atoms with Gasteiger partial charge in [0.1, 0.15) is 5.82 Å². The summed E-state index contributed by atoms with van der Waals surface area (Å²) in [6.07, 6.45) is 3.84. The lowest BCUT2D eigenvalue weighted by Crippen LogP contribution is -2.39. The lowest BCUT2D eigenvalue weighted by atomic mass is 9.78. The Bertz CT molecular complexity index is 1020. The second kappa shape index (κ2) is 9.04. The number of nitrogens with one attached hydrogen (secondary N) is 2. The van der Waals surface area contributed by atoms with Gasteiger partial charge in [0.2, 0.25) is 10.0 Å². The van der Waals surface area contributed by atoms with Crippen molar-refractivity contribution in [1.82, 2.24) is 10.0 Å². The number of rotatable bonds is 7. The van der Waals surface area contributed by atoms with Crippen LogP contribution in [0.2, 0.25) is 5.02 Å². The Morgan fingerprint density at radius 1 is 1.13 bits per heavy atom. The third-order valence-corrected chi connectivity index (χ3v) is 7.47. The van der Waals surface area contributed by atoms with Crippen LogP contribution < -0.4 is 10.0 Å². The minimum Gasteiger partial charge on any atom is -0.351 e. The van der Waals surface area contributed by atoms with Crippen molar-refractivity contribution in [3.05, 3.63) is 64.4 Å². The monoisotopic (exact) mass is 452 g/mol. The summed E-state index contributed by atoms with van der Waals surface area (Å²) in [5.74, 6) is -0.731. The first-order chi connectivity index (χ1) is 14.1. The first-order valence-electron chi connectivity index (χ1n) is 9.99. The average Bonchev–Trinajstić information content (AvgIpc) is 3.16. The number of hydrogen-bond acceptors (Lipinski definition) is 3. The molecule has 5 nitrogen and oxygen atoms in total. The van der Waals surface area contributed by atoms with Crippen LogP contribution in [0, 0.1) is 5.82 Å². The highest BCUT2D eigenvalue weighted by Crippen LogP contribution is 2.40. The number of amides is 1. The lowest BCUT2D eigenvalue weighted by Gasteiger charge is -2.30. The smallest absolute Gasteiger partial charge is 0.252 e. The maximum atomic E-state index is 13.4. The summed E-state index contributed by atoms with van der Waals surface area (Å²) in [5, 5.41) is 3.10. The van der Waals surface area contributed by atoms with Crippen LogP contribution in [-0.2, 0) is 15.4 Å². The molecule has 2 N–H and O–H groups in total. The molecule has 0 aliphatic heterocycles. The zero-order valence-corrected chi connectivity index (χ0v) is 18.6. The predicted molar refractivity (Wildman–Crippen MR) is 116 cm³/mol. The molecule has 3 rings (SSSR count). The van der Waals surface area contributed by atoms with Crippen molar-refractivity contribution in [3.8, 4) is 0 Å². The summed E-state index contributed by atoms with van der Waals surface area (Å²) >= 11 is 6.19. The molecular formula is C22H26ClFN2O3S. The van der Waals surface area contributed by atoms with E-state index in [4.69, 9.17) is 11.6 Å².